The third kappa shape index (κ3) is 5.36. The van der Waals surface area contributed by atoms with Gasteiger partial charge in [0.1, 0.15) is 5.65 Å². The minimum atomic E-state index is -0.201. The molecule has 0 spiro atoms. The highest BCUT2D eigenvalue weighted by Crippen LogP contribution is 2.46. The molecule has 7 aromatic carbocycles. The van der Waals surface area contributed by atoms with Crippen LogP contribution in [-0.4, -0.2) is 32.6 Å². The highest BCUT2D eigenvalue weighted by Gasteiger charge is 2.34. The molecule has 280 valence electrons. The van der Waals surface area contributed by atoms with E-state index >= 15 is 0 Å². The van der Waals surface area contributed by atoms with Crippen LogP contribution in [0.3, 0.4) is 0 Å². The lowest BCUT2D eigenvalue weighted by Crippen LogP contribution is -2.40. The lowest BCUT2D eigenvalue weighted by Gasteiger charge is -2.28. The highest BCUT2D eigenvalue weighted by molar-refractivity contribution is 6.41. The molecule has 0 atom stereocenters. The van der Waals surface area contributed by atoms with Gasteiger partial charge in [0.25, 0.3) is 17.4 Å². The molecule has 0 radical (unpaired) electrons. The van der Waals surface area contributed by atoms with Gasteiger partial charge in [-0.2, -0.15) is 0 Å². The molecule has 0 N–H and O–H groups in total. The molecular formula is C50H47N3O3. The minimum absolute atomic E-state index is 0.0897. The van der Waals surface area contributed by atoms with E-state index in [1.54, 1.807) is 4.40 Å². The van der Waals surface area contributed by atoms with Crippen LogP contribution in [-0.2, 0) is 0 Å². The fourth-order valence-electron chi connectivity index (χ4n) is 10.0. The summed E-state index contributed by atoms with van der Waals surface area (Å²) in [5.74, 6) is -0.401. The summed E-state index contributed by atoms with van der Waals surface area (Å²) in [7, 11) is 0. The van der Waals surface area contributed by atoms with E-state index in [9.17, 15) is 14.4 Å². The molecule has 9 aromatic rings. The number of amides is 2. The van der Waals surface area contributed by atoms with E-state index in [4.69, 9.17) is 4.98 Å². The zero-order valence-corrected chi connectivity index (χ0v) is 32.3. The standard InChI is InChI=1S/C50H47N3O3/c1-2-3-4-5-6-7-8-9-10-11-12-13-14-15-30-52-48(54)37-27-23-34-32-22-26-36-45-39(29-25-33(43(32)45)35-24-28-38(49(52)55)46(37)44(34)35)50(56)53-41-21-17-19-31-18-16-20-40(42(31)41)51-47(36)53/h16-29H,2-15,30H2,1H3. The van der Waals surface area contributed by atoms with Crippen molar-refractivity contribution in [3.63, 3.8) is 0 Å². The molecule has 56 heavy (non-hydrogen) atoms. The van der Waals surface area contributed by atoms with Gasteiger partial charge < -0.3 is 0 Å². The van der Waals surface area contributed by atoms with E-state index in [0.29, 0.717) is 28.7 Å². The van der Waals surface area contributed by atoms with Crippen LogP contribution in [0.15, 0.2) is 89.7 Å². The first-order valence-electron chi connectivity index (χ1n) is 21.1. The fourth-order valence-corrected chi connectivity index (χ4v) is 10.0. The molecule has 3 heterocycles. The van der Waals surface area contributed by atoms with Crippen LogP contribution in [0.25, 0.3) is 81.3 Å². The van der Waals surface area contributed by atoms with E-state index in [1.165, 1.54) is 75.5 Å². The minimum Gasteiger partial charge on any atom is -0.274 e. The maximum absolute atomic E-state index is 14.5. The maximum Gasteiger partial charge on any atom is 0.264 e. The second-order valence-electron chi connectivity index (χ2n) is 16.2. The molecule has 0 saturated heterocycles. The molecule has 1 aliphatic rings. The topological polar surface area (TPSA) is 71.8 Å². The van der Waals surface area contributed by atoms with E-state index in [1.807, 2.05) is 60.7 Å². The van der Waals surface area contributed by atoms with Gasteiger partial charge in [0.2, 0.25) is 0 Å². The van der Waals surface area contributed by atoms with Crippen molar-refractivity contribution in [2.45, 2.75) is 96.8 Å². The first kappa shape index (κ1) is 34.8. The number of nitrogens with zero attached hydrogens (tertiary/aromatic N) is 3. The van der Waals surface area contributed by atoms with Crippen LogP contribution in [0.5, 0.6) is 0 Å². The zero-order chi connectivity index (χ0) is 37.9. The Kier molecular flexibility index (Phi) is 8.80. The predicted octanol–water partition coefficient (Wildman–Crippen LogP) is 12.7. The van der Waals surface area contributed by atoms with E-state index in [2.05, 4.69) is 31.2 Å². The summed E-state index contributed by atoms with van der Waals surface area (Å²) in [5, 5.41) is 11.2. The maximum atomic E-state index is 14.5. The van der Waals surface area contributed by atoms with Gasteiger partial charge in [-0.15, -0.1) is 0 Å². The van der Waals surface area contributed by atoms with Crippen molar-refractivity contribution in [2.75, 3.05) is 6.54 Å². The fraction of sp³-hybridized carbons (Fsp3) is 0.320. The van der Waals surface area contributed by atoms with Crippen molar-refractivity contribution in [3.05, 3.63) is 106 Å². The molecular weight excluding hydrogens is 691 g/mol. The third-order valence-electron chi connectivity index (χ3n) is 12.8. The predicted molar refractivity (Wildman–Crippen MR) is 232 cm³/mol. The number of fused-ring (bicyclic) bond motifs is 5. The summed E-state index contributed by atoms with van der Waals surface area (Å²) >= 11 is 0. The first-order valence-corrected chi connectivity index (χ1v) is 21.1. The van der Waals surface area contributed by atoms with E-state index < -0.39 is 0 Å². The van der Waals surface area contributed by atoms with Crippen LogP contribution in [0, 0.1) is 0 Å². The van der Waals surface area contributed by atoms with Gasteiger partial charge in [0.15, 0.2) is 0 Å². The summed E-state index contributed by atoms with van der Waals surface area (Å²) in [6.07, 6.45) is 17.7. The number of aromatic nitrogens is 2. The Balaban J connectivity index is 0.942. The summed E-state index contributed by atoms with van der Waals surface area (Å²) < 4.78 is 1.78. The second-order valence-corrected chi connectivity index (χ2v) is 16.2. The highest BCUT2D eigenvalue weighted by atomic mass is 16.2. The van der Waals surface area contributed by atoms with Crippen molar-refractivity contribution < 1.29 is 9.59 Å². The third-order valence-corrected chi connectivity index (χ3v) is 12.8. The van der Waals surface area contributed by atoms with E-state index in [-0.39, 0.29) is 17.4 Å². The van der Waals surface area contributed by atoms with Crippen LogP contribution in [0.2, 0.25) is 0 Å². The van der Waals surface area contributed by atoms with Gasteiger partial charge in [-0.05, 0) is 80.5 Å². The summed E-state index contributed by atoms with van der Waals surface area (Å²) in [5.41, 5.74) is 3.45. The van der Waals surface area contributed by atoms with Crippen molar-refractivity contribution in [1.82, 2.24) is 14.3 Å². The number of pyridine rings is 1. The average Bonchev–Trinajstić information content (AvgIpc) is 3.22. The normalized spacial score (nSPS) is 13.6. The molecule has 1 aliphatic heterocycles. The van der Waals surface area contributed by atoms with Gasteiger partial charge in [-0.3, -0.25) is 23.7 Å². The van der Waals surface area contributed by atoms with Gasteiger partial charge in [0.05, 0.1) is 11.0 Å². The largest absolute Gasteiger partial charge is 0.274 e. The number of hydrogen-bond acceptors (Lipinski definition) is 4. The van der Waals surface area contributed by atoms with Crippen LogP contribution in [0.4, 0.5) is 0 Å². The zero-order valence-electron chi connectivity index (χ0n) is 32.3. The van der Waals surface area contributed by atoms with Crippen molar-refractivity contribution in [3.8, 4) is 0 Å². The second kappa shape index (κ2) is 14.1. The van der Waals surface area contributed by atoms with E-state index in [0.717, 1.165) is 89.5 Å². The van der Waals surface area contributed by atoms with Crippen molar-refractivity contribution >= 4 is 93.1 Å². The van der Waals surface area contributed by atoms with Gasteiger partial charge in [0, 0.05) is 44.6 Å². The molecule has 0 unspecified atom stereocenters. The number of carbonyl (C=O) groups excluding carboxylic acids is 2. The van der Waals surface area contributed by atoms with Crippen LogP contribution < -0.4 is 5.56 Å². The smallest absolute Gasteiger partial charge is 0.264 e. The average molecular weight is 738 g/mol. The van der Waals surface area contributed by atoms with Crippen molar-refractivity contribution in [1.29, 1.82) is 0 Å². The molecule has 6 nitrogen and oxygen atoms in total. The Hall–Kier alpha value is -5.62. The first-order chi connectivity index (χ1) is 27.6. The number of carbonyl (C=O) groups is 2. The Morgan fingerprint density at radius 2 is 0.946 bits per heavy atom. The van der Waals surface area contributed by atoms with Crippen molar-refractivity contribution in [2.24, 2.45) is 0 Å². The summed E-state index contributed by atoms with van der Waals surface area (Å²) in [4.78, 5) is 49.2. The Morgan fingerprint density at radius 3 is 1.55 bits per heavy atom. The number of imide groups is 1. The lowest BCUT2D eigenvalue weighted by molar-refractivity contribution is 0.0607. The SMILES string of the molecule is CCCCCCCCCCCCCCCCN1C(=O)c2ccc3c4ccc5c(=O)n6c7cccc8cccc(nc6c6ccc(c9ccc(c2c39)C1=O)c4c56)c87. The molecule has 0 saturated carbocycles. The number of hydrogen-bond donors (Lipinski definition) is 0. The van der Waals surface area contributed by atoms with Crippen LogP contribution in [0.1, 0.15) is 118 Å². The monoisotopic (exact) mass is 737 g/mol. The Morgan fingerprint density at radius 1 is 0.464 bits per heavy atom. The van der Waals surface area contributed by atoms with Gasteiger partial charge >= 0.3 is 0 Å². The molecule has 6 heteroatoms. The number of benzene rings is 7. The molecule has 2 amide bonds. The van der Waals surface area contributed by atoms with Gasteiger partial charge in [-0.25, -0.2) is 4.98 Å². The molecule has 0 aliphatic carbocycles. The quantitative estimate of drug-likeness (QED) is 0.0454. The van der Waals surface area contributed by atoms with Crippen LogP contribution >= 0.6 is 0 Å². The molecule has 2 aromatic heterocycles. The number of rotatable bonds is 15. The van der Waals surface area contributed by atoms with Gasteiger partial charge in [-0.1, -0.05) is 139 Å². The lowest BCUT2D eigenvalue weighted by atomic mass is 9.83. The Bertz CT molecular complexity index is 2980. The summed E-state index contributed by atoms with van der Waals surface area (Å²) in [6, 6.07) is 28.3. The molecule has 0 bridgehead atoms. The summed E-state index contributed by atoms with van der Waals surface area (Å²) in [6.45, 7) is 2.72. The molecule has 0 fully saturated rings. The molecule has 10 rings (SSSR count). The number of unbranched alkanes of at least 4 members (excludes halogenated alkanes) is 13. The Labute approximate surface area is 325 Å².